The Labute approximate surface area is 290 Å². The molecule has 262 valence electrons. The summed E-state index contributed by atoms with van der Waals surface area (Å²) in [5, 5.41) is 14.9. The van der Waals surface area contributed by atoms with Crippen molar-refractivity contribution in [1.29, 1.82) is 0 Å². The van der Waals surface area contributed by atoms with Gasteiger partial charge in [0.25, 0.3) is 6.01 Å². The third kappa shape index (κ3) is 7.35. The van der Waals surface area contributed by atoms with Gasteiger partial charge >= 0.3 is 6.09 Å². The standard InChI is InChI=1S/C34H43ClN6O7Si/c1-34(2,3)48-33(43)40-14-20-15-41(39-24(20)16-40)21-9-7-19(8-10-21)27-22(30(35)44-11-12-49(4,5)6)13-23-31(37-27)38-32(36-23)47-26-18-46-28-25(42)17-45-29(26)28/h7-10,13,15,25-26,28-30,42H,11-12,14,16-18H2,1-6H3,(H,36,37,38)/t25-,26-,28-,29-,30?/m1/s1. The number of nitrogens with zero attached hydrogens (tertiary/aromatic N) is 5. The molecular weight excluding hydrogens is 668 g/mol. The molecule has 3 aliphatic rings. The number of nitrogens with one attached hydrogen (secondary N) is 1. The number of aliphatic hydroxyl groups is 1. The SMILES string of the molecule is CC(C)(C)OC(=O)N1Cc2cn(-c3ccc(-c4nc5nc(O[C@@H]6CO[C@H]7[C@@H]6OC[C@H]7O)[nH]c5cc4C(Cl)OCC[Si](C)(C)C)cc3)nc2C1. The van der Waals surface area contributed by atoms with Gasteiger partial charge in [0.05, 0.1) is 48.9 Å². The Kier molecular flexibility index (Phi) is 8.99. The minimum Gasteiger partial charge on any atom is -0.456 e. The molecule has 2 fully saturated rings. The van der Waals surface area contributed by atoms with Crippen molar-refractivity contribution in [1.82, 2.24) is 29.6 Å². The predicted octanol–water partition coefficient (Wildman–Crippen LogP) is 5.56. The number of H-pyrrole nitrogens is 1. The average molecular weight is 711 g/mol. The lowest BCUT2D eigenvalue weighted by Gasteiger charge is -2.24. The lowest BCUT2D eigenvalue weighted by atomic mass is 10.1. The number of benzene rings is 1. The second-order valence-corrected chi connectivity index (χ2v) is 21.1. The smallest absolute Gasteiger partial charge is 0.410 e. The molecule has 1 amide bonds. The molecule has 0 aliphatic carbocycles. The Balaban J connectivity index is 1.13. The van der Waals surface area contributed by atoms with Crippen LogP contribution in [0.5, 0.6) is 6.01 Å². The van der Waals surface area contributed by atoms with Crippen molar-refractivity contribution >= 4 is 36.9 Å². The molecule has 0 radical (unpaired) electrons. The number of alkyl halides is 1. The van der Waals surface area contributed by atoms with Crippen LogP contribution >= 0.6 is 11.6 Å². The van der Waals surface area contributed by atoms with E-state index in [1.54, 1.807) is 4.90 Å². The van der Waals surface area contributed by atoms with E-state index in [2.05, 4.69) is 29.6 Å². The molecule has 1 aromatic carbocycles. The number of hydrogen-bond acceptors (Lipinski definition) is 10. The maximum Gasteiger partial charge on any atom is 0.410 e. The van der Waals surface area contributed by atoms with E-state index in [4.69, 9.17) is 45.4 Å². The second-order valence-electron chi connectivity index (χ2n) is 15.1. The van der Waals surface area contributed by atoms with E-state index in [0.717, 1.165) is 28.6 Å². The fourth-order valence-electron chi connectivity index (χ4n) is 6.16. The Morgan fingerprint density at radius 2 is 1.88 bits per heavy atom. The first-order valence-electron chi connectivity index (χ1n) is 16.6. The molecule has 5 atom stereocenters. The summed E-state index contributed by atoms with van der Waals surface area (Å²) in [5.41, 5.74) is 4.70. The Hall–Kier alpha value is -3.53. The third-order valence-electron chi connectivity index (χ3n) is 8.72. The van der Waals surface area contributed by atoms with E-state index in [1.165, 1.54) is 0 Å². The van der Waals surface area contributed by atoms with Gasteiger partial charge in [-0.25, -0.2) is 14.5 Å². The van der Waals surface area contributed by atoms with E-state index < -0.39 is 37.5 Å². The Bertz CT molecular complexity index is 1810. The van der Waals surface area contributed by atoms with Gasteiger partial charge in [-0.2, -0.15) is 10.1 Å². The highest BCUT2D eigenvalue weighted by Crippen LogP contribution is 2.36. The number of ether oxygens (including phenoxy) is 5. The number of hydrogen-bond donors (Lipinski definition) is 2. The van der Waals surface area contributed by atoms with Gasteiger partial charge in [-0.3, -0.25) is 4.90 Å². The summed E-state index contributed by atoms with van der Waals surface area (Å²) in [4.78, 5) is 27.0. The summed E-state index contributed by atoms with van der Waals surface area (Å²) < 4.78 is 31.1. The zero-order valence-electron chi connectivity index (χ0n) is 28.6. The Morgan fingerprint density at radius 3 is 2.59 bits per heavy atom. The fourth-order valence-corrected chi connectivity index (χ4v) is 7.14. The summed E-state index contributed by atoms with van der Waals surface area (Å²) in [6, 6.07) is 11.1. The number of amides is 1. The second kappa shape index (κ2) is 13.0. The molecule has 15 heteroatoms. The quantitative estimate of drug-likeness (QED) is 0.167. The maximum absolute atomic E-state index is 12.6. The van der Waals surface area contributed by atoms with Crippen LogP contribution in [0, 0.1) is 0 Å². The molecule has 7 rings (SSSR count). The molecular formula is C34H43ClN6O7Si. The van der Waals surface area contributed by atoms with E-state index in [0.29, 0.717) is 42.1 Å². The van der Waals surface area contributed by atoms with Crippen molar-refractivity contribution in [2.45, 2.75) is 95.1 Å². The number of carbonyl (C=O) groups excluding carboxylic acids is 1. The topological polar surface area (TPSA) is 146 Å². The van der Waals surface area contributed by atoms with Crippen LogP contribution in [0.25, 0.3) is 28.1 Å². The van der Waals surface area contributed by atoms with Crippen molar-refractivity contribution < 1.29 is 33.6 Å². The molecule has 1 unspecified atom stereocenters. The average Bonchev–Trinajstić information content (AvgIpc) is 3.83. The van der Waals surface area contributed by atoms with Crippen LogP contribution in [0.15, 0.2) is 36.5 Å². The molecule has 2 saturated heterocycles. The van der Waals surface area contributed by atoms with Crippen LogP contribution in [0.3, 0.4) is 0 Å². The highest BCUT2D eigenvalue weighted by Gasteiger charge is 2.48. The van der Waals surface area contributed by atoms with Crippen molar-refractivity contribution in [2.75, 3.05) is 19.8 Å². The third-order valence-corrected chi connectivity index (χ3v) is 10.8. The highest BCUT2D eigenvalue weighted by molar-refractivity contribution is 6.76. The van der Waals surface area contributed by atoms with E-state index in [9.17, 15) is 9.90 Å². The number of carbonyl (C=O) groups is 1. The number of rotatable bonds is 9. The molecule has 13 nitrogen and oxygen atoms in total. The first-order valence-corrected chi connectivity index (χ1v) is 20.8. The van der Waals surface area contributed by atoms with Gasteiger partial charge in [-0.1, -0.05) is 43.4 Å². The number of imidazole rings is 1. The van der Waals surface area contributed by atoms with Crippen molar-refractivity contribution in [2.24, 2.45) is 0 Å². The highest BCUT2D eigenvalue weighted by atomic mass is 35.5. The molecule has 0 bridgehead atoms. The van der Waals surface area contributed by atoms with Gasteiger partial charge in [-0.15, -0.1) is 0 Å². The van der Waals surface area contributed by atoms with Gasteiger partial charge in [0.2, 0.25) is 0 Å². The summed E-state index contributed by atoms with van der Waals surface area (Å²) in [5.74, 6) is 0. The van der Waals surface area contributed by atoms with Gasteiger partial charge in [0, 0.05) is 37.6 Å². The molecule has 0 spiro atoms. The molecule has 3 aliphatic heterocycles. The summed E-state index contributed by atoms with van der Waals surface area (Å²) in [6.45, 7) is 14.4. The lowest BCUT2D eigenvalue weighted by Crippen LogP contribution is -2.34. The zero-order chi connectivity index (χ0) is 34.7. The minimum atomic E-state index is -1.34. The number of aliphatic hydroxyl groups excluding tert-OH is 1. The number of pyridine rings is 1. The maximum atomic E-state index is 12.6. The van der Waals surface area contributed by atoms with Crippen LogP contribution in [0.1, 0.15) is 43.2 Å². The fraction of sp³-hybridized carbons (Fsp3) is 0.529. The van der Waals surface area contributed by atoms with Crippen LogP contribution in [0.4, 0.5) is 4.79 Å². The van der Waals surface area contributed by atoms with Crippen LogP contribution < -0.4 is 4.74 Å². The largest absolute Gasteiger partial charge is 0.456 e. The number of aromatic nitrogens is 5. The number of fused-ring (bicyclic) bond motifs is 3. The van der Waals surface area contributed by atoms with Crippen molar-refractivity contribution in [3.63, 3.8) is 0 Å². The van der Waals surface area contributed by atoms with Crippen LogP contribution in [-0.2, 0) is 32.0 Å². The lowest BCUT2D eigenvalue weighted by molar-refractivity contribution is 0.00706. The molecule has 6 heterocycles. The summed E-state index contributed by atoms with van der Waals surface area (Å²) >= 11 is 6.93. The molecule has 49 heavy (non-hydrogen) atoms. The van der Waals surface area contributed by atoms with Gasteiger partial charge < -0.3 is 33.8 Å². The normalized spacial score (nSPS) is 22.8. The van der Waals surface area contributed by atoms with Gasteiger partial charge in [-0.05, 0) is 45.0 Å². The van der Waals surface area contributed by atoms with E-state index in [1.807, 2.05) is 62.0 Å². The van der Waals surface area contributed by atoms with E-state index in [-0.39, 0.29) is 31.4 Å². The molecule has 2 N–H and O–H groups in total. The van der Waals surface area contributed by atoms with Crippen LogP contribution in [0.2, 0.25) is 25.7 Å². The number of aromatic amines is 1. The van der Waals surface area contributed by atoms with Crippen molar-refractivity contribution in [3.8, 4) is 23.0 Å². The van der Waals surface area contributed by atoms with E-state index >= 15 is 0 Å². The summed E-state index contributed by atoms with van der Waals surface area (Å²) in [7, 11) is -1.34. The predicted molar refractivity (Wildman–Crippen MR) is 185 cm³/mol. The zero-order valence-corrected chi connectivity index (χ0v) is 30.4. The number of halogens is 1. The first kappa shape index (κ1) is 33.9. The van der Waals surface area contributed by atoms with Crippen LogP contribution in [-0.4, -0.2) is 98.7 Å². The van der Waals surface area contributed by atoms with Crippen molar-refractivity contribution in [3.05, 3.63) is 53.3 Å². The Morgan fingerprint density at radius 1 is 1.12 bits per heavy atom. The monoisotopic (exact) mass is 710 g/mol. The first-order chi connectivity index (χ1) is 23.2. The molecule has 0 saturated carbocycles. The minimum absolute atomic E-state index is 0.215. The summed E-state index contributed by atoms with van der Waals surface area (Å²) in [6.07, 6.45) is -0.252. The van der Waals surface area contributed by atoms with Gasteiger partial charge in [0.1, 0.15) is 23.9 Å². The molecule has 3 aromatic heterocycles. The van der Waals surface area contributed by atoms with Gasteiger partial charge in [0.15, 0.2) is 17.3 Å². The molecule has 4 aromatic rings.